The number of nitrogens with one attached hydrogen (secondary N) is 1. The molecule has 0 spiro atoms. The summed E-state index contributed by atoms with van der Waals surface area (Å²) in [7, 11) is 0. The molecule has 2 heterocycles. The minimum absolute atomic E-state index is 0.221. The van der Waals surface area contributed by atoms with Crippen LogP contribution in [0.3, 0.4) is 0 Å². The Morgan fingerprint density at radius 3 is 3.00 bits per heavy atom. The zero-order valence-electron chi connectivity index (χ0n) is 8.80. The Morgan fingerprint density at radius 2 is 2.38 bits per heavy atom. The summed E-state index contributed by atoms with van der Waals surface area (Å²) in [5, 5.41) is 6.48. The number of amides is 1. The maximum absolute atomic E-state index is 11.6. The minimum atomic E-state index is -0.221. The highest BCUT2D eigenvalue weighted by atomic mass is 16.5. The van der Waals surface area contributed by atoms with Crippen LogP contribution >= 0.6 is 0 Å². The van der Waals surface area contributed by atoms with Gasteiger partial charge in [0.05, 0.1) is 6.54 Å². The smallest absolute Gasteiger partial charge is 0.270 e. The summed E-state index contributed by atoms with van der Waals surface area (Å²) >= 11 is 0. The molecule has 16 heavy (non-hydrogen) atoms. The van der Waals surface area contributed by atoms with E-state index in [9.17, 15) is 4.79 Å². The van der Waals surface area contributed by atoms with Gasteiger partial charge in [0.25, 0.3) is 5.91 Å². The number of aryl methyl sites for hydroxylation is 1. The fraction of sp³-hybridized carbons (Fsp3) is 0.182. The van der Waals surface area contributed by atoms with Crippen LogP contribution in [0.4, 0.5) is 0 Å². The SMILES string of the molecule is Cc1cc(CNC(=O)c2ccccn2)no1. The van der Waals surface area contributed by atoms with E-state index in [1.54, 1.807) is 37.4 Å². The number of nitrogens with zero attached hydrogens (tertiary/aromatic N) is 2. The van der Waals surface area contributed by atoms with Crippen molar-refractivity contribution in [2.75, 3.05) is 0 Å². The van der Waals surface area contributed by atoms with Gasteiger partial charge in [-0.2, -0.15) is 0 Å². The summed E-state index contributed by atoms with van der Waals surface area (Å²) in [4.78, 5) is 15.5. The highest BCUT2D eigenvalue weighted by Crippen LogP contribution is 2.01. The summed E-state index contributed by atoms with van der Waals surface area (Å²) in [6.45, 7) is 2.14. The van der Waals surface area contributed by atoms with Crippen LogP contribution in [0.1, 0.15) is 21.9 Å². The van der Waals surface area contributed by atoms with E-state index in [2.05, 4.69) is 15.5 Å². The summed E-state index contributed by atoms with van der Waals surface area (Å²) in [6.07, 6.45) is 1.58. The lowest BCUT2D eigenvalue weighted by molar-refractivity contribution is 0.0945. The van der Waals surface area contributed by atoms with Gasteiger partial charge in [0.1, 0.15) is 17.1 Å². The molecule has 2 aromatic heterocycles. The Bertz CT molecular complexity index is 479. The molecule has 0 aliphatic carbocycles. The molecular formula is C11H11N3O2. The normalized spacial score (nSPS) is 10.1. The van der Waals surface area contributed by atoms with Crippen LogP contribution in [-0.4, -0.2) is 16.0 Å². The minimum Gasteiger partial charge on any atom is -0.361 e. The molecule has 0 atom stereocenters. The van der Waals surface area contributed by atoms with Crippen LogP contribution < -0.4 is 5.32 Å². The van der Waals surface area contributed by atoms with Crippen LogP contribution in [0.2, 0.25) is 0 Å². The molecule has 0 unspecified atom stereocenters. The molecule has 5 heteroatoms. The zero-order valence-corrected chi connectivity index (χ0v) is 8.80. The van der Waals surface area contributed by atoms with Gasteiger partial charge in [0.2, 0.25) is 0 Å². The van der Waals surface area contributed by atoms with E-state index in [0.29, 0.717) is 17.9 Å². The maximum atomic E-state index is 11.6. The first kappa shape index (κ1) is 10.4. The van der Waals surface area contributed by atoms with Gasteiger partial charge in [-0.05, 0) is 19.1 Å². The van der Waals surface area contributed by atoms with Gasteiger partial charge < -0.3 is 9.84 Å². The molecule has 5 nitrogen and oxygen atoms in total. The average Bonchev–Trinajstić information content (AvgIpc) is 2.73. The third-order valence-corrected chi connectivity index (χ3v) is 2.00. The molecule has 2 rings (SSSR count). The summed E-state index contributed by atoms with van der Waals surface area (Å²) in [5.41, 5.74) is 1.09. The molecule has 0 aliphatic rings. The Balaban J connectivity index is 1.94. The highest BCUT2D eigenvalue weighted by Gasteiger charge is 2.07. The quantitative estimate of drug-likeness (QED) is 0.841. The van der Waals surface area contributed by atoms with E-state index < -0.39 is 0 Å². The Labute approximate surface area is 92.5 Å². The highest BCUT2D eigenvalue weighted by molar-refractivity contribution is 5.92. The standard InChI is InChI=1S/C11H11N3O2/c1-8-6-9(14-16-8)7-13-11(15)10-4-2-3-5-12-10/h2-6H,7H2,1H3,(H,13,15). The maximum Gasteiger partial charge on any atom is 0.270 e. The Kier molecular flexibility index (Phi) is 2.95. The molecule has 0 saturated carbocycles. The van der Waals surface area contributed by atoms with Gasteiger partial charge in [0.15, 0.2) is 0 Å². The molecule has 0 saturated heterocycles. The largest absolute Gasteiger partial charge is 0.361 e. The average molecular weight is 217 g/mol. The molecule has 0 fully saturated rings. The molecule has 1 amide bonds. The second-order valence-electron chi connectivity index (χ2n) is 3.33. The second-order valence-corrected chi connectivity index (χ2v) is 3.33. The van der Waals surface area contributed by atoms with Crippen molar-refractivity contribution in [1.82, 2.24) is 15.5 Å². The van der Waals surface area contributed by atoms with Gasteiger partial charge in [0, 0.05) is 12.3 Å². The van der Waals surface area contributed by atoms with Crippen LogP contribution in [0.5, 0.6) is 0 Å². The number of hydrogen-bond donors (Lipinski definition) is 1. The number of rotatable bonds is 3. The molecule has 2 aromatic rings. The molecule has 0 aromatic carbocycles. The molecular weight excluding hydrogens is 206 g/mol. The summed E-state index contributed by atoms with van der Waals surface area (Å²) in [5.74, 6) is 0.503. The summed E-state index contributed by atoms with van der Waals surface area (Å²) < 4.78 is 4.89. The van der Waals surface area contributed by atoms with Crippen molar-refractivity contribution < 1.29 is 9.32 Å². The topological polar surface area (TPSA) is 68.0 Å². The third kappa shape index (κ3) is 2.44. The fourth-order valence-electron chi connectivity index (χ4n) is 1.26. The fourth-order valence-corrected chi connectivity index (χ4v) is 1.26. The second kappa shape index (κ2) is 4.57. The van der Waals surface area contributed by atoms with Crippen molar-refractivity contribution in [3.63, 3.8) is 0 Å². The number of aromatic nitrogens is 2. The van der Waals surface area contributed by atoms with Crippen molar-refractivity contribution in [3.05, 3.63) is 47.6 Å². The van der Waals surface area contributed by atoms with Crippen molar-refractivity contribution in [2.24, 2.45) is 0 Å². The van der Waals surface area contributed by atoms with Gasteiger partial charge in [-0.15, -0.1) is 0 Å². The van der Waals surface area contributed by atoms with Gasteiger partial charge >= 0.3 is 0 Å². The molecule has 0 bridgehead atoms. The first-order valence-corrected chi connectivity index (χ1v) is 4.87. The predicted octanol–water partition coefficient (Wildman–Crippen LogP) is 1.31. The van der Waals surface area contributed by atoms with E-state index in [0.717, 1.165) is 5.76 Å². The lowest BCUT2D eigenvalue weighted by Gasteiger charge is -2.00. The summed E-state index contributed by atoms with van der Waals surface area (Å²) in [6, 6.07) is 6.96. The van der Waals surface area contributed by atoms with E-state index in [1.165, 1.54) is 0 Å². The zero-order chi connectivity index (χ0) is 11.4. The van der Waals surface area contributed by atoms with Crippen LogP contribution in [0.15, 0.2) is 35.0 Å². The van der Waals surface area contributed by atoms with Crippen molar-refractivity contribution >= 4 is 5.91 Å². The van der Waals surface area contributed by atoms with E-state index in [4.69, 9.17) is 4.52 Å². The number of hydrogen-bond acceptors (Lipinski definition) is 4. The number of pyridine rings is 1. The third-order valence-electron chi connectivity index (χ3n) is 2.00. The number of carbonyl (C=O) groups is 1. The number of carbonyl (C=O) groups excluding carboxylic acids is 1. The van der Waals surface area contributed by atoms with Crippen LogP contribution in [-0.2, 0) is 6.54 Å². The Morgan fingerprint density at radius 1 is 1.50 bits per heavy atom. The first-order valence-electron chi connectivity index (χ1n) is 4.87. The van der Waals surface area contributed by atoms with Gasteiger partial charge in [-0.25, -0.2) is 0 Å². The van der Waals surface area contributed by atoms with E-state index in [1.807, 2.05) is 0 Å². The molecule has 0 aliphatic heterocycles. The van der Waals surface area contributed by atoms with Gasteiger partial charge in [-0.3, -0.25) is 9.78 Å². The molecule has 1 N–H and O–H groups in total. The van der Waals surface area contributed by atoms with E-state index >= 15 is 0 Å². The van der Waals surface area contributed by atoms with Crippen LogP contribution in [0.25, 0.3) is 0 Å². The first-order chi connectivity index (χ1) is 7.75. The molecule has 82 valence electrons. The lowest BCUT2D eigenvalue weighted by atomic mass is 10.3. The predicted molar refractivity (Wildman–Crippen MR) is 56.6 cm³/mol. The monoisotopic (exact) mass is 217 g/mol. The van der Waals surface area contributed by atoms with Crippen molar-refractivity contribution in [3.8, 4) is 0 Å². The Hall–Kier alpha value is -2.17. The van der Waals surface area contributed by atoms with Crippen molar-refractivity contribution in [2.45, 2.75) is 13.5 Å². The van der Waals surface area contributed by atoms with Gasteiger partial charge in [-0.1, -0.05) is 11.2 Å². The van der Waals surface area contributed by atoms with E-state index in [-0.39, 0.29) is 5.91 Å². The lowest BCUT2D eigenvalue weighted by Crippen LogP contribution is -2.23. The van der Waals surface area contributed by atoms with Crippen molar-refractivity contribution in [1.29, 1.82) is 0 Å². The molecule has 0 radical (unpaired) electrons. The van der Waals surface area contributed by atoms with Crippen LogP contribution in [0, 0.1) is 6.92 Å².